The van der Waals surface area contributed by atoms with E-state index in [4.69, 9.17) is 4.84 Å². The van der Waals surface area contributed by atoms with Crippen LogP contribution in [-0.2, 0) is 22.8 Å². The number of piperidine rings is 1. The average molecular weight is 381 g/mol. The molecule has 2 atom stereocenters. The number of fused-ring (bicyclic) bond motifs is 2. The third-order valence-electron chi connectivity index (χ3n) is 5.09. The van der Waals surface area contributed by atoms with E-state index in [1.54, 1.807) is 17.3 Å². The van der Waals surface area contributed by atoms with Crippen LogP contribution < -0.4 is 10.9 Å². The van der Waals surface area contributed by atoms with Gasteiger partial charge >= 0.3 is 6.03 Å². The summed E-state index contributed by atoms with van der Waals surface area (Å²) >= 11 is 0. The number of hydrazine groups is 1. The monoisotopic (exact) mass is 381 g/mol. The van der Waals surface area contributed by atoms with Gasteiger partial charge in [0, 0.05) is 25.5 Å². The Balaban J connectivity index is 1.30. The van der Waals surface area contributed by atoms with Crippen LogP contribution in [0.2, 0.25) is 0 Å². The fourth-order valence-electron chi connectivity index (χ4n) is 3.61. The van der Waals surface area contributed by atoms with Gasteiger partial charge in [-0.2, -0.15) is 5.06 Å². The molecule has 2 aliphatic heterocycles. The van der Waals surface area contributed by atoms with E-state index in [2.05, 4.69) is 15.8 Å². The molecular formula is C20H23N5O3. The zero-order valence-electron chi connectivity index (χ0n) is 15.5. The number of hydroxylamine groups is 2. The van der Waals surface area contributed by atoms with Crippen LogP contribution in [0.25, 0.3) is 0 Å². The molecule has 1 aromatic heterocycles. The van der Waals surface area contributed by atoms with Crippen LogP contribution in [0.15, 0.2) is 54.9 Å². The predicted molar refractivity (Wildman–Crippen MR) is 101 cm³/mol. The third-order valence-corrected chi connectivity index (χ3v) is 5.09. The fraction of sp³-hybridized carbons (Fsp3) is 0.350. The van der Waals surface area contributed by atoms with Crippen molar-refractivity contribution < 1.29 is 14.4 Å². The number of benzene rings is 1. The number of hydrogen-bond donors (Lipinski definition) is 2. The number of carbonyl (C=O) groups is 2. The lowest BCUT2D eigenvalue weighted by molar-refractivity contribution is -0.140. The van der Waals surface area contributed by atoms with Crippen LogP contribution in [-0.4, -0.2) is 45.5 Å². The van der Waals surface area contributed by atoms with Gasteiger partial charge in [-0.1, -0.05) is 30.3 Å². The highest BCUT2D eigenvalue weighted by atomic mass is 16.7. The summed E-state index contributed by atoms with van der Waals surface area (Å²) in [6.07, 6.45) is 4.75. The fourth-order valence-corrected chi connectivity index (χ4v) is 3.61. The Kier molecular flexibility index (Phi) is 5.50. The Bertz CT molecular complexity index is 817. The maximum Gasteiger partial charge on any atom is 0.345 e. The van der Waals surface area contributed by atoms with Crippen molar-refractivity contribution in [1.82, 2.24) is 25.8 Å². The summed E-state index contributed by atoms with van der Waals surface area (Å²) < 4.78 is 0. The summed E-state index contributed by atoms with van der Waals surface area (Å²) in [7, 11) is 0. The number of aromatic nitrogens is 1. The van der Waals surface area contributed by atoms with Gasteiger partial charge in [0.15, 0.2) is 0 Å². The summed E-state index contributed by atoms with van der Waals surface area (Å²) in [5, 5.41) is 1.44. The van der Waals surface area contributed by atoms with E-state index in [0.29, 0.717) is 26.1 Å². The zero-order valence-corrected chi connectivity index (χ0v) is 15.5. The van der Waals surface area contributed by atoms with E-state index in [1.807, 2.05) is 42.5 Å². The summed E-state index contributed by atoms with van der Waals surface area (Å²) in [5.74, 6) is -0.203. The largest absolute Gasteiger partial charge is 0.345 e. The van der Waals surface area contributed by atoms with E-state index in [-0.39, 0.29) is 18.0 Å². The Hall–Kier alpha value is -2.97. The maximum absolute atomic E-state index is 12.7. The van der Waals surface area contributed by atoms with E-state index >= 15 is 0 Å². The number of nitrogens with zero attached hydrogens (tertiary/aromatic N) is 3. The van der Waals surface area contributed by atoms with Crippen LogP contribution in [0.1, 0.15) is 24.0 Å². The normalized spacial score (nSPS) is 21.1. The summed E-state index contributed by atoms with van der Waals surface area (Å²) in [6, 6.07) is 12.7. The first-order valence-electron chi connectivity index (χ1n) is 9.40. The van der Waals surface area contributed by atoms with E-state index in [9.17, 15) is 9.59 Å². The second-order valence-electron chi connectivity index (χ2n) is 6.97. The zero-order chi connectivity index (χ0) is 19.3. The molecule has 0 spiro atoms. The highest BCUT2D eigenvalue weighted by molar-refractivity contribution is 5.88. The molecule has 28 heavy (non-hydrogen) atoms. The second kappa shape index (κ2) is 8.37. The number of rotatable bonds is 7. The minimum Gasteiger partial charge on any atom is -0.309 e. The van der Waals surface area contributed by atoms with Gasteiger partial charge in [0.25, 0.3) is 5.91 Å². The Morgan fingerprint density at radius 1 is 1.11 bits per heavy atom. The number of hydrogen-bond acceptors (Lipinski definition) is 5. The van der Waals surface area contributed by atoms with Crippen molar-refractivity contribution in [2.75, 3.05) is 6.54 Å². The van der Waals surface area contributed by atoms with Crippen molar-refractivity contribution in [1.29, 1.82) is 0 Å². The van der Waals surface area contributed by atoms with Gasteiger partial charge in [0.05, 0.1) is 6.04 Å². The Labute approximate surface area is 163 Å². The second-order valence-corrected chi connectivity index (χ2v) is 6.97. The standard InChI is InChI=1S/C20H23N5O3/c26-19(23-22-12-15-8-10-21-11-9-15)18-7-6-17-13-24(18)20(27)25(17)28-14-16-4-2-1-3-5-16/h1-5,8-11,17-18,22H,6-7,12-14H2,(H,23,26). The quantitative estimate of drug-likeness (QED) is 0.712. The van der Waals surface area contributed by atoms with Crippen molar-refractivity contribution in [3.63, 3.8) is 0 Å². The number of pyridine rings is 1. The van der Waals surface area contributed by atoms with Crippen molar-refractivity contribution in [3.05, 3.63) is 66.0 Å². The molecular weight excluding hydrogens is 358 g/mol. The van der Waals surface area contributed by atoms with E-state index in [0.717, 1.165) is 17.5 Å². The van der Waals surface area contributed by atoms with Crippen LogP contribution in [0.5, 0.6) is 0 Å². The SMILES string of the molecule is O=C(NNCc1ccncc1)C1CCC2CN1C(=O)N2OCc1ccccc1. The lowest BCUT2D eigenvalue weighted by atomic mass is 10.0. The number of amides is 3. The molecule has 3 heterocycles. The smallest absolute Gasteiger partial charge is 0.309 e. The lowest BCUT2D eigenvalue weighted by Crippen LogP contribution is -2.52. The minimum atomic E-state index is -0.487. The predicted octanol–water partition coefficient (Wildman–Crippen LogP) is 1.60. The van der Waals surface area contributed by atoms with Gasteiger partial charge < -0.3 is 4.90 Å². The highest BCUT2D eigenvalue weighted by Gasteiger charge is 2.47. The minimum absolute atomic E-state index is 0.00922. The molecule has 4 rings (SSSR count). The first kappa shape index (κ1) is 18.4. The molecule has 0 aliphatic carbocycles. The first-order valence-corrected chi connectivity index (χ1v) is 9.40. The van der Waals surface area contributed by atoms with Crippen molar-refractivity contribution >= 4 is 11.9 Å². The van der Waals surface area contributed by atoms with Crippen molar-refractivity contribution in [2.24, 2.45) is 0 Å². The molecule has 0 saturated carbocycles. The van der Waals surface area contributed by atoms with Gasteiger partial charge in [-0.05, 0) is 36.1 Å². The van der Waals surface area contributed by atoms with Gasteiger partial charge in [-0.15, -0.1) is 0 Å². The maximum atomic E-state index is 12.7. The Morgan fingerprint density at radius 3 is 2.68 bits per heavy atom. The number of urea groups is 1. The molecule has 0 radical (unpaired) electrons. The van der Waals surface area contributed by atoms with Gasteiger partial charge in [-0.25, -0.2) is 10.2 Å². The molecule has 146 valence electrons. The third kappa shape index (κ3) is 3.97. The van der Waals surface area contributed by atoms with Crippen molar-refractivity contribution in [2.45, 2.75) is 38.1 Å². The molecule has 2 aliphatic rings. The van der Waals surface area contributed by atoms with Crippen molar-refractivity contribution in [3.8, 4) is 0 Å². The Morgan fingerprint density at radius 2 is 1.89 bits per heavy atom. The van der Waals surface area contributed by atoms with Gasteiger partial charge in [0.1, 0.15) is 12.6 Å². The summed E-state index contributed by atoms with van der Waals surface area (Å²) in [4.78, 5) is 36.6. The molecule has 2 fully saturated rings. The summed E-state index contributed by atoms with van der Waals surface area (Å²) in [5.41, 5.74) is 7.65. The molecule has 8 nitrogen and oxygen atoms in total. The van der Waals surface area contributed by atoms with E-state index < -0.39 is 6.04 Å². The molecule has 2 N–H and O–H groups in total. The highest BCUT2D eigenvalue weighted by Crippen LogP contribution is 2.30. The average Bonchev–Trinajstić information content (AvgIpc) is 2.98. The van der Waals surface area contributed by atoms with Gasteiger partial charge in [-0.3, -0.25) is 20.0 Å². The van der Waals surface area contributed by atoms with Gasteiger partial charge in [0.2, 0.25) is 0 Å². The molecule has 3 amide bonds. The van der Waals surface area contributed by atoms with Crippen LogP contribution >= 0.6 is 0 Å². The molecule has 8 heteroatoms. The van der Waals surface area contributed by atoms with Crippen LogP contribution in [0, 0.1) is 0 Å². The number of carbonyl (C=O) groups excluding carboxylic acids is 2. The molecule has 2 unspecified atom stereocenters. The van der Waals surface area contributed by atoms with Crippen LogP contribution in [0.4, 0.5) is 4.79 Å². The molecule has 2 saturated heterocycles. The molecule has 2 bridgehead atoms. The summed E-state index contributed by atoms with van der Waals surface area (Å²) in [6.45, 7) is 1.33. The first-order chi connectivity index (χ1) is 13.7. The molecule has 2 aromatic rings. The topological polar surface area (TPSA) is 86.8 Å². The van der Waals surface area contributed by atoms with Crippen LogP contribution in [0.3, 0.4) is 0 Å². The van der Waals surface area contributed by atoms with E-state index in [1.165, 1.54) is 5.06 Å². The number of nitrogens with one attached hydrogen (secondary N) is 2. The molecule has 1 aromatic carbocycles. The lowest BCUT2D eigenvalue weighted by Gasteiger charge is -2.29.